The molecular formula is C18H15BrFN3S. The smallest absolute Gasteiger partial charge is 0.192 e. The van der Waals surface area contributed by atoms with E-state index in [-0.39, 0.29) is 5.82 Å². The van der Waals surface area contributed by atoms with Crippen LogP contribution in [-0.4, -0.2) is 20.5 Å². The summed E-state index contributed by atoms with van der Waals surface area (Å²) in [7, 11) is 0. The fraction of sp³-hybridized carbons (Fsp3) is 0.111. The SMILES string of the molecule is C=C(Br)CSc1nnc(-c2ccccc2F)n1Cc1ccccc1. The van der Waals surface area contributed by atoms with E-state index < -0.39 is 0 Å². The summed E-state index contributed by atoms with van der Waals surface area (Å²) in [5, 5.41) is 9.21. The predicted molar refractivity (Wildman–Crippen MR) is 99.8 cm³/mol. The molecule has 0 aliphatic rings. The summed E-state index contributed by atoms with van der Waals surface area (Å²) < 4.78 is 17.0. The van der Waals surface area contributed by atoms with E-state index in [2.05, 4.69) is 32.7 Å². The fourth-order valence-corrected chi connectivity index (χ4v) is 3.32. The van der Waals surface area contributed by atoms with Crippen LogP contribution in [0.1, 0.15) is 5.56 Å². The minimum absolute atomic E-state index is 0.305. The number of thioether (sulfide) groups is 1. The number of aromatic nitrogens is 3. The second kappa shape index (κ2) is 7.77. The van der Waals surface area contributed by atoms with E-state index in [0.717, 1.165) is 15.2 Å². The van der Waals surface area contributed by atoms with Crippen molar-refractivity contribution in [2.24, 2.45) is 0 Å². The van der Waals surface area contributed by atoms with Gasteiger partial charge in [0.15, 0.2) is 11.0 Å². The maximum Gasteiger partial charge on any atom is 0.192 e. The molecule has 122 valence electrons. The third-order valence-electron chi connectivity index (χ3n) is 3.37. The van der Waals surface area contributed by atoms with E-state index in [1.807, 2.05) is 34.9 Å². The largest absolute Gasteiger partial charge is 0.297 e. The lowest BCUT2D eigenvalue weighted by Gasteiger charge is -2.11. The van der Waals surface area contributed by atoms with Crippen LogP contribution in [0.5, 0.6) is 0 Å². The van der Waals surface area contributed by atoms with Crippen molar-refractivity contribution < 1.29 is 4.39 Å². The number of hydrogen-bond donors (Lipinski definition) is 0. The molecule has 0 saturated carbocycles. The zero-order valence-electron chi connectivity index (χ0n) is 12.8. The van der Waals surface area contributed by atoms with Gasteiger partial charge < -0.3 is 0 Å². The summed E-state index contributed by atoms with van der Waals surface area (Å²) in [5.74, 6) is 0.893. The van der Waals surface area contributed by atoms with Crippen LogP contribution in [0, 0.1) is 5.82 Å². The summed E-state index contributed by atoms with van der Waals surface area (Å²) >= 11 is 4.87. The van der Waals surface area contributed by atoms with E-state index in [4.69, 9.17) is 0 Å². The van der Waals surface area contributed by atoms with Crippen LogP contribution in [0.3, 0.4) is 0 Å². The lowest BCUT2D eigenvalue weighted by atomic mass is 10.2. The molecule has 0 saturated heterocycles. The molecule has 1 heterocycles. The van der Waals surface area contributed by atoms with Crippen LogP contribution < -0.4 is 0 Å². The molecule has 0 bridgehead atoms. The van der Waals surface area contributed by atoms with Crippen molar-refractivity contribution in [3.8, 4) is 11.4 Å². The van der Waals surface area contributed by atoms with Crippen LogP contribution in [0.15, 0.2) is 70.8 Å². The molecule has 3 aromatic rings. The van der Waals surface area contributed by atoms with Crippen LogP contribution in [0.4, 0.5) is 4.39 Å². The Morgan fingerprint density at radius 1 is 1.08 bits per heavy atom. The molecule has 0 amide bonds. The standard InChI is InChI=1S/C18H15BrFN3S/c1-13(19)12-24-18-22-21-17(15-9-5-6-10-16(15)20)23(18)11-14-7-3-2-4-8-14/h2-10H,1,11-12H2. The zero-order valence-corrected chi connectivity index (χ0v) is 15.2. The van der Waals surface area contributed by atoms with Crippen LogP contribution in [-0.2, 0) is 6.54 Å². The summed E-state index contributed by atoms with van der Waals surface area (Å²) in [4.78, 5) is 0. The molecule has 0 aliphatic heterocycles. The van der Waals surface area contributed by atoms with Gasteiger partial charge in [-0.15, -0.1) is 10.2 Å². The van der Waals surface area contributed by atoms with Crippen molar-refractivity contribution in [3.63, 3.8) is 0 Å². The highest BCUT2D eigenvalue weighted by Crippen LogP contribution is 2.28. The number of nitrogens with zero attached hydrogens (tertiary/aromatic N) is 3. The minimum Gasteiger partial charge on any atom is -0.297 e. The molecule has 0 spiro atoms. The van der Waals surface area contributed by atoms with Gasteiger partial charge in [-0.2, -0.15) is 0 Å². The van der Waals surface area contributed by atoms with Gasteiger partial charge in [0.2, 0.25) is 0 Å². The maximum absolute atomic E-state index is 14.2. The average Bonchev–Trinajstić information content (AvgIpc) is 2.97. The summed E-state index contributed by atoms with van der Waals surface area (Å²) in [6, 6.07) is 16.6. The predicted octanol–water partition coefficient (Wildman–Crippen LogP) is 5.13. The van der Waals surface area contributed by atoms with Crippen LogP contribution >= 0.6 is 27.7 Å². The Kier molecular flexibility index (Phi) is 5.48. The maximum atomic E-state index is 14.2. The van der Waals surface area contributed by atoms with E-state index >= 15 is 0 Å². The zero-order chi connectivity index (χ0) is 16.9. The van der Waals surface area contributed by atoms with Crippen molar-refractivity contribution in [2.75, 3.05) is 5.75 Å². The number of rotatable bonds is 6. The number of hydrogen-bond acceptors (Lipinski definition) is 3. The summed E-state index contributed by atoms with van der Waals surface area (Å²) in [5.41, 5.74) is 1.56. The van der Waals surface area contributed by atoms with E-state index in [1.165, 1.54) is 17.8 Å². The molecule has 24 heavy (non-hydrogen) atoms. The molecule has 3 rings (SSSR count). The van der Waals surface area contributed by atoms with Gasteiger partial charge in [-0.25, -0.2) is 4.39 Å². The first kappa shape index (κ1) is 16.9. The van der Waals surface area contributed by atoms with E-state index in [1.54, 1.807) is 18.2 Å². The molecule has 0 atom stereocenters. The number of benzene rings is 2. The highest BCUT2D eigenvalue weighted by Gasteiger charge is 2.17. The van der Waals surface area contributed by atoms with Gasteiger partial charge in [-0.05, 0) is 22.2 Å². The lowest BCUT2D eigenvalue weighted by molar-refractivity contribution is 0.626. The van der Waals surface area contributed by atoms with Crippen molar-refractivity contribution in [1.29, 1.82) is 0 Å². The van der Waals surface area contributed by atoms with E-state index in [9.17, 15) is 4.39 Å². The van der Waals surface area contributed by atoms with Crippen molar-refractivity contribution in [2.45, 2.75) is 11.7 Å². The van der Waals surface area contributed by atoms with Gasteiger partial charge in [0.05, 0.1) is 12.1 Å². The highest BCUT2D eigenvalue weighted by atomic mass is 79.9. The lowest BCUT2D eigenvalue weighted by Crippen LogP contribution is -2.05. The van der Waals surface area contributed by atoms with Gasteiger partial charge in [-0.3, -0.25) is 4.57 Å². The Balaban J connectivity index is 2.02. The molecule has 1 aromatic heterocycles. The third kappa shape index (κ3) is 3.94. The van der Waals surface area contributed by atoms with Gasteiger partial charge in [0.25, 0.3) is 0 Å². The molecular weight excluding hydrogens is 389 g/mol. The third-order valence-corrected chi connectivity index (χ3v) is 5.08. The first-order chi connectivity index (χ1) is 11.6. The molecule has 0 radical (unpaired) electrons. The monoisotopic (exact) mass is 403 g/mol. The van der Waals surface area contributed by atoms with Crippen LogP contribution in [0.25, 0.3) is 11.4 Å². The molecule has 0 unspecified atom stereocenters. The van der Waals surface area contributed by atoms with Gasteiger partial charge in [-0.1, -0.05) is 76.7 Å². The highest BCUT2D eigenvalue weighted by molar-refractivity contribution is 9.11. The molecule has 0 N–H and O–H groups in total. The molecule has 3 nitrogen and oxygen atoms in total. The first-order valence-corrected chi connectivity index (χ1v) is 9.11. The van der Waals surface area contributed by atoms with Crippen LogP contribution in [0.2, 0.25) is 0 Å². The Morgan fingerprint density at radius 2 is 1.79 bits per heavy atom. The molecule has 2 aromatic carbocycles. The average molecular weight is 404 g/mol. The Morgan fingerprint density at radius 3 is 2.50 bits per heavy atom. The Hall–Kier alpha value is -1.92. The van der Waals surface area contributed by atoms with E-state index in [0.29, 0.717) is 23.7 Å². The Labute approximate surface area is 152 Å². The van der Waals surface area contributed by atoms with Gasteiger partial charge >= 0.3 is 0 Å². The van der Waals surface area contributed by atoms with Crippen molar-refractivity contribution >= 4 is 27.7 Å². The van der Waals surface area contributed by atoms with Gasteiger partial charge in [0.1, 0.15) is 5.82 Å². The summed E-state index contributed by atoms with van der Waals surface area (Å²) in [6.07, 6.45) is 0. The second-order valence-electron chi connectivity index (χ2n) is 5.16. The summed E-state index contributed by atoms with van der Waals surface area (Å²) in [6.45, 7) is 4.42. The Bertz CT molecular complexity index is 848. The topological polar surface area (TPSA) is 30.7 Å². The van der Waals surface area contributed by atoms with Crippen molar-refractivity contribution in [3.05, 3.63) is 77.0 Å². The minimum atomic E-state index is -0.305. The molecule has 0 aliphatic carbocycles. The molecule has 0 fully saturated rings. The second-order valence-corrected chi connectivity index (χ2v) is 7.23. The van der Waals surface area contributed by atoms with Crippen molar-refractivity contribution in [1.82, 2.24) is 14.8 Å². The van der Waals surface area contributed by atoms with Gasteiger partial charge in [0, 0.05) is 5.75 Å². The molecule has 6 heteroatoms. The number of halogens is 2. The fourth-order valence-electron chi connectivity index (χ4n) is 2.29. The quantitative estimate of drug-likeness (QED) is 0.534. The first-order valence-electron chi connectivity index (χ1n) is 7.33. The normalized spacial score (nSPS) is 10.8.